The van der Waals surface area contributed by atoms with E-state index in [0.29, 0.717) is 19.3 Å². The van der Waals surface area contributed by atoms with Crippen LogP contribution < -0.4 is 5.32 Å². The zero-order chi connectivity index (χ0) is 14.2. The summed E-state index contributed by atoms with van der Waals surface area (Å²) >= 11 is 0. The molecule has 1 unspecified atom stereocenters. The molecule has 0 amide bonds. The third-order valence-corrected chi connectivity index (χ3v) is 3.61. The predicted molar refractivity (Wildman–Crippen MR) is 82.8 cm³/mol. The first kappa shape index (κ1) is 18.9. The van der Waals surface area contributed by atoms with Crippen molar-refractivity contribution < 1.29 is 9.47 Å². The van der Waals surface area contributed by atoms with Gasteiger partial charge in [0.25, 0.3) is 0 Å². The Labute approximate surface area is 120 Å². The maximum atomic E-state index is 5.51. The van der Waals surface area contributed by atoms with Crippen LogP contribution in [0.25, 0.3) is 0 Å². The average Bonchev–Trinajstić information content (AvgIpc) is 2.44. The molecule has 0 aliphatic heterocycles. The molecule has 0 radical (unpaired) electrons. The zero-order valence-corrected chi connectivity index (χ0v) is 13.4. The molecular weight excluding hydrogens is 238 g/mol. The highest BCUT2D eigenvalue weighted by Crippen LogP contribution is 2.11. The van der Waals surface area contributed by atoms with Crippen molar-refractivity contribution in [3.05, 3.63) is 0 Å². The topological polar surface area (TPSA) is 30.5 Å². The SMILES string of the molecule is CCCCCCCCCC(CCOCCOC)NC. The number of methoxy groups -OCH3 is 1. The fourth-order valence-electron chi connectivity index (χ4n) is 2.25. The van der Waals surface area contributed by atoms with E-state index in [1.165, 1.54) is 51.4 Å². The molecule has 0 aromatic carbocycles. The molecule has 0 aliphatic carbocycles. The fourth-order valence-corrected chi connectivity index (χ4v) is 2.25. The van der Waals surface area contributed by atoms with Crippen LogP contribution in [0.15, 0.2) is 0 Å². The van der Waals surface area contributed by atoms with Gasteiger partial charge in [-0.25, -0.2) is 0 Å². The minimum atomic E-state index is 0.609. The van der Waals surface area contributed by atoms with Crippen molar-refractivity contribution in [2.45, 2.75) is 70.8 Å². The molecule has 1 atom stereocenters. The minimum Gasteiger partial charge on any atom is -0.382 e. The molecule has 0 aliphatic rings. The van der Waals surface area contributed by atoms with Gasteiger partial charge in [-0.15, -0.1) is 0 Å². The van der Waals surface area contributed by atoms with E-state index in [4.69, 9.17) is 9.47 Å². The summed E-state index contributed by atoms with van der Waals surface area (Å²) in [6.45, 7) is 4.52. The van der Waals surface area contributed by atoms with E-state index >= 15 is 0 Å². The quantitative estimate of drug-likeness (QED) is 0.461. The molecule has 3 heteroatoms. The van der Waals surface area contributed by atoms with Gasteiger partial charge in [0.1, 0.15) is 0 Å². The zero-order valence-electron chi connectivity index (χ0n) is 13.4. The third-order valence-electron chi connectivity index (χ3n) is 3.61. The first-order chi connectivity index (χ1) is 9.35. The van der Waals surface area contributed by atoms with E-state index in [1.807, 2.05) is 0 Å². The van der Waals surface area contributed by atoms with E-state index in [2.05, 4.69) is 19.3 Å². The van der Waals surface area contributed by atoms with Crippen molar-refractivity contribution in [1.82, 2.24) is 5.32 Å². The Bertz CT molecular complexity index is 165. The lowest BCUT2D eigenvalue weighted by molar-refractivity contribution is 0.0656. The Morgan fingerprint density at radius 1 is 0.842 bits per heavy atom. The lowest BCUT2D eigenvalue weighted by Crippen LogP contribution is -2.26. The molecule has 0 aromatic rings. The Hall–Kier alpha value is -0.120. The Kier molecular flexibility index (Phi) is 15.8. The smallest absolute Gasteiger partial charge is 0.0700 e. The fraction of sp³-hybridized carbons (Fsp3) is 1.00. The molecule has 0 saturated carbocycles. The molecule has 0 aromatic heterocycles. The summed E-state index contributed by atoms with van der Waals surface area (Å²) in [7, 11) is 3.77. The van der Waals surface area contributed by atoms with Crippen molar-refractivity contribution in [3.8, 4) is 0 Å². The molecule has 116 valence electrons. The summed E-state index contributed by atoms with van der Waals surface area (Å²) in [6, 6.07) is 0.609. The summed E-state index contributed by atoms with van der Waals surface area (Å²) in [5, 5.41) is 3.39. The monoisotopic (exact) mass is 273 g/mol. The molecular formula is C16H35NO2. The normalized spacial score (nSPS) is 12.8. The van der Waals surface area contributed by atoms with Crippen LogP contribution in [0.5, 0.6) is 0 Å². The summed E-state index contributed by atoms with van der Waals surface area (Å²) in [4.78, 5) is 0. The molecule has 0 fully saturated rings. The molecule has 19 heavy (non-hydrogen) atoms. The standard InChI is InChI=1S/C16H35NO2/c1-4-5-6-7-8-9-10-11-16(17-2)12-13-19-15-14-18-3/h16-17H,4-15H2,1-3H3. The summed E-state index contributed by atoms with van der Waals surface area (Å²) < 4.78 is 10.5. The average molecular weight is 273 g/mol. The Morgan fingerprint density at radius 2 is 1.53 bits per heavy atom. The molecule has 0 bridgehead atoms. The molecule has 3 nitrogen and oxygen atoms in total. The van der Waals surface area contributed by atoms with E-state index in [0.717, 1.165) is 13.0 Å². The van der Waals surface area contributed by atoms with E-state index in [-0.39, 0.29) is 0 Å². The van der Waals surface area contributed by atoms with Gasteiger partial charge in [0.2, 0.25) is 0 Å². The van der Waals surface area contributed by atoms with Gasteiger partial charge in [-0.3, -0.25) is 0 Å². The van der Waals surface area contributed by atoms with Crippen LogP contribution in [0.4, 0.5) is 0 Å². The number of hydrogen-bond donors (Lipinski definition) is 1. The highest BCUT2D eigenvalue weighted by molar-refractivity contribution is 4.64. The Balaban J connectivity index is 3.29. The van der Waals surface area contributed by atoms with Crippen molar-refractivity contribution in [1.29, 1.82) is 0 Å². The number of rotatable bonds is 15. The second kappa shape index (κ2) is 15.9. The number of ether oxygens (including phenoxy) is 2. The number of unbranched alkanes of at least 4 members (excludes halogenated alkanes) is 6. The van der Waals surface area contributed by atoms with Crippen molar-refractivity contribution >= 4 is 0 Å². The highest BCUT2D eigenvalue weighted by Gasteiger charge is 2.05. The molecule has 0 spiro atoms. The van der Waals surface area contributed by atoms with E-state index in [1.54, 1.807) is 7.11 Å². The number of nitrogens with one attached hydrogen (secondary N) is 1. The summed E-state index contributed by atoms with van der Waals surface area (Å²) in [5.41, 5.74) is 0. The maximum absolute atomic E-state index is 5.51. The molecule has 0 heterocycles. The first-order valence-electron chi connectivity index (χ1n) is 8.09. The van der Waals surface area contributed by atoms with Gasteiger partial charge in [-0.05, 0) is 19.9 Å². The van der Waals surface area contributed by atoms with Crippen LogP contribution in [-0.2, 0) is 9.47 Å². The van der Waals surface area contributed by atoms with Crippen LogP contribution in [0.3, 0.4) is 0 Å². The second-order valence-corrected chi connectivity index (χ2v) is 5.29. The summed E-state index contributed by atoms with van der Waals surface area (Å²) in [6.07, 6.45) is 12.1. The molecule has 1 N–H and O–H groups in total. The minimum absolute atomic E-state index is 0.609. The van der Waals surface area contributed by atoms with Gasteiger partial charge in [-0.1, -0.05) is 51.9 Å². The van der Waals surface area contributed by atoms with Crippen LogP contribution in [0.2, 0.25) is 0 Å². The van der Waals surface area contributed by atoms with Gasteiger partial charge < -0.3 is 14.8 Å². The highest BCUT2D eigenvalue weighted by atomic mass is 16.5. The van der Waals surface area contributed by atoms with Crippen LogP contribution in [0, 0.1) is 0 Å². The van der Waals surface area contributed by atoms with Gasteiger partial charge in [0, 0.05) is 19.8 Å². The molecule has 0 saturated heterocycles. The second-order valence-electron chi connectivity index (χ2n) is 5.29. The largest absolute Gasteiger partial charge is 0.382 e. The lowest BCUT2D eigenvalue weighted by Gasteiger charge is -2.16. The molecule has 0 rings (SSSR count). The van der Waals surface area contributed by atoms with Gasteiger partial charge in [0.15, 0.2) is 0 Å². The first-order valence-corrected chi connectivity index (χ1v) is 8.09. The Morgan fingerprint density at radius 3 is 2.16 bits per heavy atom. The number of hydrogen-bond acceptors (Lipinski definition) is 3. The lowest BCUT2D eigenvalue weighted by atomic mass is 10.0. The van der Waals surface area contributed by atoms with Gasteiger partial charge in [-0.2, -0.15) is 0 Å². The third kappa shape index (κ3) is 14.1. The van der Waals surface area contributed by atoms with Crippen molar-refractivity contribution in [2.75, 3.05) is 34.0 Å². The van der Waals surface area contributed by atoms with Gasteiger partial charge >= 0.3 is 0 Å². The maximum Gasteiger partial charge on any atom is 0.0700 e. The van der Waals surface area contributed by atoms with Crippen LogP contribution in [-0.4, -0.2) is 40.0 Å². The van der Waals surface area contributed by atoms with Crippen molar-refractivity contribution in [3.63, 3.8) is 0 Å². The predicted octanol–water partition coefficient (Wildman–Crippen LogP) is 3.77. The summed E-state index contributed by atoms with van der Waals surface area (Å²) in [5.74, 6) is 0. The van der Waals surface area contributed by atoms with Gasteiger partial charge in [0.05, 0.1) is 13.2 Å². The van der Waals surface area contributed by atoms with Crippen molar-refractivity contribution in [2.24, 2.45) is 0 Å². The van der Waals surface area contributed by atoms with E-state index in [9.17, 15) is 0 Å². The van der Waals surface area contributed by atoms with Crippen LogP contribution >= 0.6 is 0 Å². The van der Waals surface area contributed by atoms with Crippen LogP contribution in [0.1, 0.15) is 64.7 Å². The van der Waals surface area contributed by atoms with E-state index < -0.39 is 0 Å².